The lowest BCUT2D eigenvalue weighted by Crippen LogP contribution is -2.30. The van der Waals surface area contributed by atoms with Gasteiger partial charge in [-0.3, -0.25) is 9.89 Å². The number of esters is 1. The van der Waals surface area contributed by atoms with Crippen LogP contribution in [0.2, 0.25) is 0 Å². The Labute approximate surface area is 117 Å². The van der Waals surface area contributed by atoms with Gasteiger partial charge in [0.05, 0.1) is 0 Å². The maximum atomic E-state index is 11.5. The highest BCUT2D eigenvalue weighted by molar-refractivity contribution is 5.89. The topological polar surface area (TPSA) is 84.1 Å². The summed E-state index contributed by atoms with van der Waals surface area (Å²) in [5.74, 6) is -0.859. The van der Waals surface area contributed by atoms with Crippen molar-refractivity contribution in [3.8, 4) is 0 Å². The van der Waals surface area contributed by atoms with Gasteiger partial charge in [-0.15, -0.1) is 0 Å². The van der Waals surface area contributed by atoms with E-state index in [1.54, 1.807) is 0 Å². The van der Waals surface area contributed by atoms with Crippen molar-refractivity contribution in [2.45, 2.75) is 32.1 Å². The minimum Gasteiger partial charge on any atom is -0.451 e. The SMILES string of the molecule is O=C(COC(=O)c1ccn[nH]1)NCCC1=CCCCC1. The van der Waals surface area contributed by atoms with Crippen molar-refractivity contribution in [2.75, 3.05) is 13.2 Å². The number of allylic oxidation sites excluding steroid dienone is 1. The zero-order chi connectivity index (χ0) is 14.2. The van der Waals surface area contributed by atoms with Gasteiger partial charge in [0.1, 0.15) is 5.69 Å². The summed E-state index contributed by atoms with van der Waals surface area (Å²) in [6.45, 7) is 0.323. The quantitative estimate of drug-likeness (QED) is 0.610. The third-order valence-corrected chi connectivity index (χ3v) is 3.21. The summed E-state index contributed by atoms with van der Waals surface area (Å²) < 4.78 is 4.85. The second-order valence-electron chi connectivity index (χ2n) is 4.75. The monoisotopic (exact) mass is 277 g/mol. The number of rotatable bonds is 6. The summed E-state index contributed by atoms with van der Waals surface area (Å²) in [6.07, 6.45) is 9.36. The average Bonchev–Trinajstić information content (AvgIpc) is 3.00. The van der Waals surface area contributed by atoms with Gasteiger partial charge in [0.2, 0.25) is 0 Å². The summed E-state index contributed by atoms with van der Waals surface area (Å²) in [5, 5.41) is 8.87. The maximum absolute atomic E-state index is 11.5. The lowest BCUT2D eigenvalue weighted by Gasteiger charge is -2.12. The lowest BCUT2D eigenvalue weighted by atomic mass is 9.97. The van der Waals surface area contributed by atoms with Gasteiger partial charge in [0.15, 0.2) is 6.61 Å². The van der Waals surface area contributed by atoms with E-state index >= 15 is 0 Å². The van der Waals surface area contributed by atoms with E-state index in [1.807, 2.05) is 0 Å². The van der Waals surface area contributed by atoms with Crippen molar-refractivity contribution in [2.24, 2.45) is 0 Å². The molecule has 1 aliphatic rings. The van der Waals surface area contributed by atoms with E-state index in [0.29, 0.717) is 6.54 Å². The van der Waals surface area contributed by atoms with E-state index in [4.69, 9.17) is 4.74 Å². The van der Waals surface area contributed by atoms with E-state index in [1.165, 1.54) is 30.7 Å². The number of amides is 1. The number of nitrogens with one attached hydrogen (secondary N) is 2. The minimum atomic E-state index is -0.576. The first-order chi connectivity index (χ1) is 9.75. The van der Waals surface area contributed by atoms with Crippen LogP contribution >= 0.6 is 0 Å². The molecule has 108 valence electrons. The van der Waals surface area contributed by atoms with Crippen molar-refractivity contribution in [3.63, 3.8) is 0 Å². The second kappa shape index (κ2) is 7.47. The molecule has 0 radical (unpaired) electrons. The molecule has 1 aromatic heterocycles. The van der Waals surface area contributed by atoms with Crippen LogP contribution in [-0.4, -0.2) is 35.2 Å². The fourth-order valence-corrected chi connectivity index (χ4v) is 2.12. The van der Waals surface area contributed by atoms with Crippen LogP contribution in [-0.2, 0) is 9.53 Å². The molecule has 6 heteroatoms. The third-order valence-electron chi connectivity index (χ3n) is 3.21. The molecule has 2 rings (SSSR count). The molecular weight excluding hydrogens is 258 g/mol. The van der Waals surface area contributed by atoms with Crippen LogP contribution < -0.4 is 5.32 Å². The highest BCUT2D eigenvalue weighted by atomic mass is 16.5. The van der Waals surface area contributed by atoms with Crippen molar-refractivity contribution in [1.29, 1.82) is 0 Å². The Kier molecular flexibility index (Phi) is 5.34. The molecule has 0 spiro atoms. The normalized spacial score (nSPS) is 14.5. The number of nitrogens with zero attached hydrogens (tertiary/aromatic N) is 1. The molecule has 1 amide bonds. The summed E-state index contributed by atoms with van der Waals surface area (Å²) in [7, 11) is 0. The van der Waals surface area contributed by atoms with E-state index in [9.17, 15) is 9.59 Å². The van der Waals surface area contributed by atoms with Crippen LogP contribution in [0.4, 0.5) is 0 Å². The maximum Gasteiger partial charge on any atom is 0.356 e. The fourth-order valence-electron chi connectivity index (χ4n) is 2.12. The van der Waals surface area contributed by atoms with Crippen LogP contribution in [0, 0.1) is 0 Å². The number of hydrogen-bond donors (Lipinski definition) is 2. The van der Waals surface area contributed by atoms with Crippen molar-refractivity contribution >= 4 is 11.9 Å². The Balaban J connectivity index is 1.60. The molecule has 0 unspecified atom stereocenters. The summed E-state index contributed by atoms with van der Waals surface area (Å²) in [6, 6.07) is 1.50. The Morgan fingerprint density at radius 2 is 2.30 bits per heavy atom. The van der Waals surface area contributed by atoms with Gasteiger partial charge in [-0.05, 0) is 38.2 Å². The largest absolute Gasteiger partial charge is 0.451 e. The smallest absolute Gasteiger partial charge is 0.356 e. The predicted molar refractivity (Wildman–Crippen MR) is 73.0 cm³/mol. The molecular formula is C14H19N3O3. The van der Waals surface area contributed by atoms with Crippen LogP contribution in [0.15, 0.2) is 23.9 Å². The van der Waals surface area contributed by atoms with Crippen molar-refractivity contribution in [1.82, 2.24) is 15.5 Å². The van der Waals surface area contributed by atoms with E-state index in [2.05, 4.69) is 21.6 Å². The molecule has 20 heavy (non-hydrogen) atoms. The first-order valence-electron chi connectivity index (χ1n) is 6.87. The number of carbonyl (C=O) groups is 2. The Bertz CT molecular complexity index is 480. The summed E-state index contributed by atoms with van der Waals surface area (Å²) in [4.78, 5) is 23.0. The molecule has 0 aliphatic heterocycles. The van der Waals surface area contributed by atoms with Crippen LogP contribution in [0.25, 0.3) is 0 Å². The summed E-state index contributed by atoms with van der Waals surface area (Å²) in [5.41, 5.74) is 1.65. The zero-order valence-corrected chi connectivity index (χ0v) is 11.4. The van der Waals surface area contributed by atoms with Crippen molar-refractivity contribution in [3.05, 3.63) is 29.6 Å². The second-order valence-corrected chi connectivity index (χ2v) is 4.75. The molecule has 2 N–H and O–H groups in total. The van der Waals surface area contributed by atoms with Gasteiger partial charge in [-0.25, -0.2) is 4.79 Å². The first-order valence-corrected chi connectivity index (χ1v) is 6.87. The number of hydrogen-bond acceptors (Lipinski definition) is 4. The standard InChI is InChI=1S/C14H19N3O3/c18-13(10-20-14(19)12-7-9-16-17-12)15-8-6-11-4-2-1-3-5-11/h4,7,9H,1-3,5-6,8,10H2,(H,15,18)(H,16,17). The zero-order valence-electron chi connectivity index (χ0n) is 11.4. The van der Waals surface area contributed by atoms with Gasteiger partial charge in [-0.2, -0.15) is 5.10 Å². The molecule has 0 saturated heterocycles. The number of aromatic nitrogens is 2. The van der Waals surface area contributed by atoms with Gasteiger partial charge in [-0.1, -0.05) is 11.6 Å². The highest BCUT2D eigenvalue weighted by Gasteiger charge is 2.11. The molecule has 0 atom stereocenters. The first kappa shape index (κ1) is 14.3. The Hall–Kier alpha value is -2.11. The molecule has 0 fully saturated rings. The molecule has 0 saturated carbocycles. The predicted octanol–water partition coefficient (Wildman–Crippen LogP) is 1.57. The van der Waals surface area contributed by atoms with Crippen LogP contribution in [0.5, 0.6) is 0 Å². The number of H-pyrrole nitrogens is 1. The molecule has 1 aliphatic carbocycles. The molecule has 6 nitrogen and oxygen atoms in total. The average molecular weight is 277 g/mol. The summed E-state index contributed by atoms with van der Waals surface area (Å²) >= 11 is 0. The fraction of sp³-hybridized carbons (Fsp3) is 0.500. The van der Waals surface area contributed by atoms with E-state index in [-0.39, 0.29) is 18.2 Å². The molecule has 1 heterocycles. The van der Waals surface area contributed by atoms with Gasteiger partial charge < -0.3 is 10.1 Å². The third kappa shape index (κ3) is 4.53. The Morgan fingerprint density at radius 1 is 1.40 bits per heavy atom. The van der Waals surface area contributed by atoms with E-state index in [0.717, 1.165) is 19.3 Å². The van der Waals surface area contributed by atoms with Gasteiger partial charge in [0.25, 0.3) is 5.91 Å². The molecule has 1 aromatic rings. The van der Waals surface area contributed by atoms with Gasteiger partial charge >= 0.3 is 5.97 Å². The van der Waals surface area contributed by atoms with Crippen LogP contribution in [0.1, 0.15) is 42.6 Å². The Morgan fingerprint density at radius 3 is 3.00 bits per heavy atom. The number of aromatic amines is 1. The lowest BCUT2D eigenvalue weighted by molar-refractivity contribution is -0.124. The van der Waals surface area contributed by atoms with Crippen molar-refractivity contribution < 1.29 is 14.3 Å². The van der Waals surface area contributed by atoms with Crippen LogP contribution in [0.3, 0.4) is 0 Å². The number of ether oxygens (including phenoxy) is 1. The van der Waals surface area contributed by atoms with Gasteiger partial charge in [0, 0.05) is 12.7 Å². The van der Waals surface area contributed by atoms with E-state index < -0.39 is 5.97 Å². The highest BCUT2D eigenvalue weighted by Crippen LogP contribution is 2.19. The molecule has 0 bridgehead atoms. The number of carbonyl (C=O) groups excluding carboxylic acids is 2. The molecule has 0 aromatic carbocycles. The minimum absolute atomic E-state index is 0.241.